The Balaban J connectivity index is 1.42. The average molecular weight is 272 g/mol. The average Bonchev–Trinajstić information content (AvgIpc) is 3.15. The summed E-state index contributed by atoms with van der Waals surface area (Å²) in [6.07, 6.45) is 4.26. The summed E-state index contributed by atoms with van der Waals surface area (Å²) in [7, 11) is 0. The molecule has 0 saturated carbocycles. The second-order valence-corrected chi connectivity index (χ2v) is 5.08. The highest BCUT2D eigenvalue weighted by atomic mass is 16.5. The van der Waals surface area contributed by atoms with Gasteiger partial charge in [0.25, 0.3) is 5.95 Å². The Labute approximate surface area is 119 Å². The predicted octanol–water partition coefficient (Wildman–Crippen LogP) is 2.71. The van der Waals surface area contributed by atoms with Crippen molar-refractivity contribution in [2.45, 2.75) is 25.7 Å². The third kappa shape index (κ3) is 3.29. The van der Waals surface area contributed by atoms with Crippen LogP contribution in [0.15, 0.2) is 34.9 Å². The molecule has 1 saturated heterocycles. The zero-order valence-electron chi connectivity index (χ0n) is 11.6. The van der Waals surface area contributed by atoms with Crippen LogP contribution < -0.4 is 10.2 Å². The van der Waals surface area contributed by atoms with Crippen LogP contribution in [-0.4, -0.2) is 29.8 Å². The number of para-hydroxylation sites is 1. The maximum Gasteiger partial charge on any atom is 0.266 e. The summed E-state index contributed by atoms with van der Waals surface area (Å²) in [5.74, 6) is 1.50. The van der Waals surface area contributed by atoms with Crippen LogP contribution >= 0.6 is 0 Å². The highest BCUT2D eigenvalue weighted by Gasteiger charge is 2.17. The van der Waals surface area contributed by atoms with E-state index in [1.807, 2.05) is 18.2 Å². The number of rotatable bonds is 6. The Bertz CT molecular complexity index is 520. The van der Waals surface area contributed by atoms with Crippen molar-refractivity contribution in [2.24, 2.45) is 0 Å². The van der Waals surface area contributed by atoms with E-state index >= 15 is 0 Å². The van der Waals surface area contributed by atoms with Crippen LogP contribution in [0.1, 0.15) is 25.2 Å². The Hall–Kier alpha value is -2.04. The molecule has 20 heavy (non-hydrogen) atoms. The van der Waals surface area contributed by atoms with Crippen molar-refractivity contribution in [2.75, 3.05) is 29.9 Å². The number of aromatic nitrogens is 2. The first-order valence-electron chi connectivity index (χ1n) is 7.28. The van der Waals surface area contributed by atoms with Gasteiger partial charge < -0.3 is 14.7 Å². The molecule has 0 radical (unpaired) electrons. The molecule has 0 atom stereocenters. The van der Waals surface area contributed by atoms with Crippen molar-refractivity contribution in [3.8, 4) is 0 Å². The van der Waals surface area contributed by atoms with Gasteiger partial charge in [0.2, 0.25) is 5.89 Å². The molecule has 0 spiro atoms. The number of anilines is 2. The van der Waals surface area contributed by atoms with Crippen LogP contribution in [0.2, 0.25) is 0 Å². The lowest BCUT2D eigenvalue weighted by Gasteiger charge is -2.09. The van der Waals surface area contributed by atoms with Crippen molar-refractivity contribution in [1.82, 2.24) is 10.1 Å². The second kappa shape index (κ2) is 6.41. The van der Waals surface area contributed by atoms with Crippen molar-refractivity contribution in [3.63, 3.8) is 0 Å². The fourth-order valence-electron chi connectivity index (χ4n) is 2.42. The summed E-state index contributed by atoms with van der Waals surface area (Å²) < 4.78 is 5.30. The van der Waals surface area contributed by atoms with Crippen LogP contribution in [0.5, 0.6) is 0 Å². The highest BCUT2D eigenvalue weighted by molar-refractivity contribution is 5.42. The number of benzene rings is 1. The number of nitrogens with zero attached hydrogens (tertiary/aromatic N) is 3. The molecule has 1 aromatic heterocycles. The topological polar surface area (TPSA) is 54.2 Å². The Morgan fingerprint density at radius 3 is 2.75 bits per heavy atom. The SMILES string of the molecule is c1ccc(NCCCc2nc(N3CCCC3)no2)cc1. The molecule has 1 aliphatic rings. The van der Waals surface area contributed by atoms with Crippen molar-refractivity contribution in [3.05, 3.63) is 36.2 Å². The Morgan fingerprint density at radius 1 is 1.15 bits per heavy atom. The summed E-state index contributed by atoms with van der Waals surface area (Å²) in [6.45, 7) is 3.01. The summed E-state index contributed by atoms with van der Waals surface area (Å²) in [5.41, 5.74) is 1.15. The minimum atomic E-state index is 0.738. The van der Waals surface area contributed by atoms with Gasteiger partial charge in [-0.15, -0.1) is 0 Å². The van der Waals surface area contributed by atoms with E-state index in [9.17, 15) is 0 Å². The van der Waals surface area contributed by atoms with E-state index < -0.39 is 0 Å². The van der Waals surface area contributed by atoms with Crippen LogP contribution in [0.3, 0.4) is 0 Å². The lowest BCUT2D eigenvalue weighted by atomic mass is 10.3. The third-order valence-electron chi connectivity index (χ3n) is 3.52. The van der Waals surface area contributed by atoms with Crippen molar-refractivity contribution < 1.29 is 4.52 Å². The van der Waals surface area contributed by atoms with Gasteiger partial charge in [-0.2, -0.15) is 4.98 Å². The van der Waals surface area contributed by atoms with Crippen LogP contribution in [-0.2, 0) is 6.42 Å². The van der Waals surface area contributed by atoms with Crippen molar-refractivity contribution >= 4 is 11.6 Å². The van der Waals surface area contributed by atoms with Gasteiger partial charge in [0.1, 0.15) is 0 Å². The summed E-state index contributed by atoms with van der Waals surface area (Å²) in [6, 6.07) is 10.2. The molecule has 2 heterocycles. The number of aryl methyl sites for hydroxylation is 1. The quantitative estimate of drug-likeness (QED) is 0.819. The van der Waals surface area contributed by atoms with Crippen LogP contribution in [0, 0.1) is 0 Å². The molecule has 0 aliphatic carbocycles. The molecule has 0 amide bonds. The van der Waals surface area contributed by atoms with E-state index in [-0.39, 0.29) is 0 Å². The number of hydrogen-bond acceptors (Lipinski definition) is 5. The summed E-state index contributed by atoms with van der Waals surface area (Å²) in [4.78, 5) is 6.65. The van der Waals surface area contributed by atoms with Crippen LogP contribution in [0.4, 0.5) is 11.6 Å². The lowest BCUT2D eigenvalue weighted by molar-refractivity contribution is 0.376. The molecule has 1 aliphatic heterocycles. The number of hydrogen-bond donors (Lipinski definition) is 1. The minimum absolute atomic E-state index is 0.738. The van der Waals surface area contributed by atoms with E-state index in [0.29, 0.717) is 0 Å². The van der Waals surface area contributed by atoms with E-state index in [2.05, 4.69) is 32.5 Å². The van der Waals surface area contributed by atoms with Gasteiger partial charge >= 0.3 is 0 Å². The summed E-state index contributed by atoms with van der Waals surface area (Å²) >= 11 is 0. The van der Waals surface area contributed by atoms with Gasteiger partial charge in [-0.1, -0.05) is 18.2 Å². The fourth-order valence-corrected chi connectivity index (χ4v) is 2.42. The summed E-state index contributed by atoms with van der Waals surface area (Å²) in [5, 5.41) is 7.43. The molecule has 5 heteroatoms. The van der Waals surface area contributed by atoms with E-state index in [1.54, 1.807) is 0 Å². The predicted molar refractivity (Wildman–Crippen MR) is 79.0 cm³/mol. The maximum absolute atomic E-state index is 5.30. The Morgan fingerprint density at radius 2 is 1.95 bits per heavy atom. The highest BCUT2D eigenvalue weighted by Crippen LogP contribution is 2.16. The minimum Gasteiger partial charge on any atom is -0.385 e. The van der Waals surface area contributed by atoms with Gasteiger partial charge in [-0.25, -0.2) is 0 Å². The largest absolute Gasteiger partial charge is 0.385 e. The Kier molecular flexibility index (Phi) is 4.16. The van der Waals surface area contributed by atoms with Crippen LogP contribution in [0.25, 0.3) is 0 Å². The third-order valence-corrected chi connectivity index (χ3v) is 3.52. The van der Waals surface area contributed by atoms with Gasteiger partial charge in [-0.05, 0) is 36.6 Å². The van der Waals surface area contributed by atoms with E-state index in [4.69, 9.17) is 4.52 Å². The maximum atomic E-state index is 5.30. The molecule has 1 fully saturated rings. The van der Waals surface area contributed by atoms with Gasteiger partial charge in [0.15, 0.2) is 0 Å². The van der Waals surface area contributed by atoms with E-state index in [1.165, 1.54) is 12.8 Å². The van der Waals surface area contributed by atoms with Gasteiger partial charge in [-0.3, -0.25) is 0 Å². The lowest BCUT2D eigenvalue weighted by Crippen LogP contribution is -2.18. The first-order chi connectivity index (χ1) is 9.92. The molecular formula is C15H20N4O. The fraction of sp³-hybridized carbons (Fsp3) is 0.467. The molecule has 0 unspecified atom stereocenters. The van der Waals surface area contributed by atoms with Gasteiger partial charge in [0, 0.05) is 31.7 Å². The molecule has 0 bridgehead atoms. The zero-order chi connectivity index (χ0) is 13.6. The molecule has 106 valence electrons. The van der Waals surface area contributed by atoms with Gasteiger partial charge in [0.05, 0.1) is 0 Å². The smallest absolute Gasteiger partial charge is 0.266 e. The second-order valence-electron chi connectivity index (χ2n) is 5.08. The van der Waals surface area contributed by atoms with Crippen molar-refractivity contribution in [1.29, 1.82) is 0 Å². The standard InChI is InChI=1S/C15H20N4O/c1-2-7-13(8-3-1)16-10-6-9-14-17-15(18-20-14)19-11-4-5-12-19/h1-3,7-8,16H,4-6,9-12H2. The zero-order valence-corrected chi connectivity index (χ0v) is 11.6. The van der Waals surface area contributed by atoms with E-state index in [0.717, 1.165) is 50.0 Å². The molecule has 1 aromatic carbocycles. The molecular weight excluding hydrogens is 252 g/mol. The first kappa shape index (κ1) is 13.0. The molecule has 2 aromatic rings. The molecule has 5 nitrogen and oxygen atoms in total. The molecule has 3 rings (SSSR count). The monoisotopic (exact) mass is 272 g/mol. The normalized spacial score (nSPS) is 14.7. The first-order valence-corrected chi connectivity index (χ1v) is 7.28. The molecule has 1 N–H and O–H groups in total. The number of nitrogens with one attached hydrogen (secondary N) is 1.